The fraction of sp³-hybridized carbons (Fsp3) is 0.355. The third-order valence-corrected chi connectivity index (χ3v) is 8.07. The molecule has 2 N–H and O–H groups in total. The molecular weight excluding hydrogens is 567 g/mol. The standard InChI is InChI=1S/C31H30F3N3O6/c1-17-8-9-31(42,12-18(2)38)25-15-36(17)30(41)26-28(43-16-19-6-4-3-5-7-19)27(39)22(14-37(25)26)29(40)35-13-21-23(33)10-20(32)11-24(21)34/h3-7,10-11,14,17,25,42H,8-9,12-13,15-16H2,1-2H3,(H,35,40)/t17-,25+,31+/m0/s1. The first-order valence-electron chi connectivity index (χ1n) is 13.8. The maximum atomic E-state index is 14.2. The van der Waals surface area contributed by atoms with Crippen molar-refractivity contribution in [2.75, 3.05) is 6.54 Å². The molecule has 43 heavy (non-hydrogen) atoms. The van der Waals surface area contributed by atoms with Crippen molar-refractivity contribution in [3.05, 3.63) is 98.7 Å². The number of pyridine rings is 1. The predicted molar refractivity (Wildman–Crippen MR) is 148 cm³/mol. The number of rotatable bonds is 8. The highest BCUT2D eigenvalue weighted by Crippen LogP contribution is 2.42. The highest BCUT2D eigenvalue weighted by atomic mass is 19.1. The smallest absolute Gasteiger partial charge is 0.274 e. The Labute approximate surface area is 244 Å². The summed E-state index contributed by atoms with van der Waals surface area (Å²) in [6.45, 7) is 2.31. The Bertz CT molecular complexity index is 1640. The fourth-order valence-electron chi connectivity index (χ4n) is 5.81. The number of fused-ring (bicyclic) bond motifs is 4. The third-order valence-electron chi connectivity index (χ3n) is 8.07. The van der Waals surface area contributed by atoms with Gasteiger partial charge in [-0.25, -0.2) is 13.2 Å². The molecule has 0 aliphatic carbocycles. The molecule has 0 radical (unpaired) electrons. The second kappa shape index (κ2) is 11.7. The van der Waals surface area contributed by atoms with Gasteiger partial charge in [-0.1, -0.05) is 30.3 Å². The van der Waals surface area contributed by atoms with E-state index in [0.717, 1.165) is 6.20 Å². The minimum atomic E-state index is -1.62. The molecule has 0 saturated carbocycles. The number of halogens is 3. The highest BCUT2D eigenvalue weighted by molar-refractivity contribution is 5.99. The molecule has 5 rings (SSSR count). The van der Waals surface area contributed by atoms with Crippen LogP contribution < -0.4 is 15.5 Å². The molecule has 2 bridgehead atoms. The normalized spacial score (nSPS) is 21.2. The summed E-state index contributed by atoms with van der Waals surface area (Å²) in [4.78, 5) is 54.7. The molecule has 2 aromatic carbocycles. The van der Waals surface area contributed by atoms with Gasteiger partial charge in [0.05, 0.1) is 11.6 Å². The maximum absolute atomic E-state index is 14.2. The van der Waals surface area contributed by atoms with E-state index < -0.39 is 69.8 Å². The zero-order chi connectivity index (χ0) is 31.1. The Morgan fingerprint density at radius 1 is 1.12 bits per heavy atom. The number of amides is 2. The lowest BCUT2D eigenvalue weighted by Crippen LogP contribution is -2.53. The molecule has 2 aliphatic rings. The van der Waals surface area contributed by atoms with Crippen LogP contribution in [0.5, 0.6) is 5.75 Å². The molecule has 1 fully saturated rings. The van der Waals surface area contributed by atoms with Gasteiger partial charge in [0, 0.05) is 49.4 Å². The Hall–Kier alpha value is -4.45. The van der Waals surface area contributed by atoms with Crippen molar-refractivity contribution in [3.8, 4) is 5.75 Å². The second-order valence-electron chi connectivity index (χ2n) is 11.1. The first-order valence-corrected chi connectivity index (χ1v) is 13.8. The van der Waals surface area contributed by atoms with Gasteiger partial charge in [0.25, 0.3) is 11.8 Å². The Balaban J connectivity index is 1.62. The number of nitrogens with zero attached hydrogens (tertiary/aromatic N) is 2. The number of carbonyl (C=O) groups is 3. The van der Waals surface area contributed by atoms with Crippen molar-refractivity contribution in [2.24, 2.45) is 0 Å². The summed E-state index contributed by atoms with van der Waals surface area (Å²) in [5.41, 5.74) is -3.22. The molecule has 226 valence electrons. The minimum Gasteiger partial charge on any atom is -0.483 e. The van der Waals surface area contributed by atoms with Crippen molar-refractivity contribution in [1.29, 1.82) is 0 Å². The van der Waals surface area contributed by atoms with E-state index in [-0.39, 0.29) is 43.5 Å². The summed E-state index contributed by atoms with van der Waals surface area (Å²) >= 11 is 0. The average Bonchev–Trinajstić information content (AvgIpc) is 3.05. The number of carbonyl (C=O) groups excluding carboxylic acids is 3. The fourth-order valence-corrected chi connectivity index (χ4v) is 5.81. The van der Waals surface area contributed by atoms with Crippen LogP contribution in [-0.2, 0) is 17.9 Å². The average molecular weight is 598 g/mol. The van der Waals surface area contributed by atoms with Gasteiger partial charge < -0.3 is 24.6 Å². The number of benzene rings is 2. The Kier molecular flexibility index (Phi) is 8.15. The zero-order valence-electron chi connectivity index (χ0n) is 23.5. The largest absolute Gasteiger partial charge is 0.483 e. The first-order chi connectivity index (χ1) is 20.4. The van der Waals surface area contributed by atoms with Crippen LogP contribution in [0.25, 0.3) is 0 Å². The lowest BCUT2D eigenvalue weighted by molar-refractivity contribution is -0.124. The van der Waals surface area contributed by atoms with E-state index in [1.807, 2.05) is 6.92 Å². The number of ether oxygens (including phenoxy) is 1. The van der Waals surface area contributed by atoms with E-state index in [1.54, 1.807) is 30.3 Å². The number of aliphatic hydroxyl groups is 1. The van der Waals surface area contributed by atoms with Gasteiger partial charge in [-0.3, -0.25) is 19.2 Å². The lowest BCUT2D eigenvalue weighted by Gasteiger charge is -2.42. The van der Waals surface area contributed by atoms with Crippen LogP contribution in [0.4, 0.5) is 13.2 Å². The quantitative estimate of drug-likeness (QED) is 0.409. The van der Waals surface area contributed by atoms with Gasteiger partial charge >= 0.3 is 0 Å². The van der Waals surface area contributed by atoms with Crippen LogP contribution in [0, 0.1) is 17.5 Å². The van der Waals surface area contributed by atoms with E-state index in [0.29, 0.717) is 24.1 Å². The molecule has 3 aromatic rings. The van der Waals surface area contributed by atoms with Gasteiger partial charge in [0.2, 0.25) is 5.43 Å². The molecule has 12 heteroatoms. The number of hydrogen-bond acceptors (Lipinski definition) is 6. The van der Waals surface area contributed by atoms with Crippen LogP contribution in [-0.4, -0.2) is 50.4 Å². The molecule has 1 aromatic heterocycles. The number of Topliss-reactive ketones (excluding diaryl/α,β-unsaturated/α-hetero) is 1. The molecule has 2 aliphatic heterocycles. The van der Waals surface area contributed by atoms with Gasteiger partial charge in [-0.15, -0.1) is 0 Å². The molecular formula is C31H30F3N3O6. The first kappa shape index (κ1) is 30.0. The summed E-state index contributed by atoms with van der Waals surface area (Å²) in [6, 6.07) is 8.47. The van der Waals surface area contributed by atoms with Gasteiger partial charge in [-0.2, -0.15) is 0 Å². The zero-order valence-corrected chi connectivity index (χ0v) is 23.5. The second-order valence-corrected chi connectivity index (χ2v) is 11.1. The van der Waals surface area contributed by atoms with Gasteiger partial charge in [0.1, 0.15) is 35.4 Å². The lowest BCUT2D eigenvalue weighted by atomic mass is 9.84. The van der Waals surface area contributed by atoms with E-state index in [2.05, 4.69) is 5.32 Å². The van der Waals surface area contributed by atoms with Crippen LogP contribution in [0.2, 0.25) is 0 Å². The monoisotopic (exact) mass is 597 g/mol. The highest BCUT2D eigenvalue weighted by Gasteiger charge is 2.49. The number of nitrogens with one attached hydrogen (secondary N) is 1. The van der Waals surface area contributed by atoms with Gasteiger partial charge in [0.15, 0.2) is 11.4 Å². The van der Waals surface area contributed by atoms with Crippen LogP contribution in [0.15, 0.2) is 53.5 Å². The molecule has 9 nitrogen and oxygen atoms in total. The van der Waals surface area contributed by atoms with Crippen molar-refractivity contribution < 1.29 is 37.4 Å². The Morgan fingerprint density at radius 3 is 2.44 bits per heavy atom. The van der Waals surface area contributed by atoms with Crippen molar-refractivity contribution in [3.63, 3.8) is 0 Å². The summed E-state index contributed by atoms with van der Waals surface area (Å²) < 4.78 is 49.0. The topological polar surface area (TPSA) is 118 Å². The number of hydrogen-bond donors (Lipinski definition) is 2. The van der Waals surface area contributed by atoms with E-state index in [1.165, 1.54) is 16.4 Å². The number of ketones is 1. The molecule has 0 spiro atoms. The molecule has 2 amide bonds. The van der Waals surface area contributed by atoms with Crippen LogP contribution in [0.3, 0.4) is 0 Å². The Morgan fingerprint density at radius 2 is 1.79 bits per heavy atom. The van der Waals surface area contributed by atoms with E-state index in [9.17, 15) is 37.5 Å². The SMILES string of the molecule is CC(=O)C[C@]1(O)CC[C@H](C)N2C[C@H]1n1cc(C(=O)NCc3c(F)cc(F)cc3F)c(=O)c(OCc3ccccc3)c1C2=O. The molecule has 0 unspecified atom stereocenters. The van der Waals surface area contributed by atoms with Crippen LogP contribution in [0.1, 0.15) is 71.1 Å². The van der Waals surface area contributed by atoms with Crippen molar-refractivity contribution in [1.82, 2.24) is 14.8 Å². The molecule has 3 atom stereocenters. The maximum Gasteiger partial charge on any atom is 0.274 e. The summed E-state index contributed by atoms with van der Waals surface area (Å²) in [6.07, 6.45) is 1.43. The third kappa shape index (κ3) is 5.79. The van der Waals surface area contributed by atoms with E-state index in [4.69, 9.17) is 4.74 Å². The molecule has 3 heterocycles. The van der Waals surface area contributed by atoms with Crippen molar-refractivity contribution >= 4 is 17.6 Å². The summed E-state index contributed by atoms with van der Waals surface area (Å²) in [7, 11) is 0. The van der Waals surface area contributed by atoms with Crippen molar-refractivity contribution in [2.45, 2.75) is 63.9 Å². The summed E-state index contributed by atoms with van der Waals surface area (Å²) in [5, 5.41) is 14.1. The van der Waals surface area contributed by atoms with Crippen LogP contribution >= 0.6 is 0 Å². The predicted octanol–water partition coefficient (Wildman–Crippen LogP) is 3.66. The van der Waals surface area contributed by atoms with E-state index >= 15 is 0 Å². The minimum absolute atomic E-state index is 0.00480. The van der Waals surface area contributed by atoms with Gasteiger partial charge in [-0.05, 0) is 32.3 Å². The molecule has 1 saturated heterocycles. The number of aromatic nitrogens is 1. The summed E-state index contributed by atoms with van der Waals surface area (Å²) in [5.74, 6) is -5.88.